The molecular weight excluding hydrogens is 292 g/mol. The van der Waals surface area contributed by atoms with Gasteiger partial charge in [0, 0.05) is 10.7 Å². The van der Waals surface area contributed by atoms with Crippen molar-refractivity contribution in [2.24, 2.45) is 15.9 Å². The normalized spacial score (nSPS) is 11.9. The third-order valence-electron chi connectivity index (χ3n) is 2.17. The van der Waals surface area contributed by atoms with E-state index < -0.39 is 0 Å². The van der Waals surface area contributed by atoms with E-state index in [1.807, 2.05) is 36.4 Å². The Kier molecular flexibility index (Phi) is 4.20. The molecule has 0 aliphatic heterocycles. The Labute approximate surface area is 113 Å². The van der Waals surface area contributed by atoms with E-state index in [1.54, 1.807) is 18.5 Å². The number of pyridine rings is 1. The van der Waals surface area contributed by atoms with Crippen molar-refractivity contribution >= 4 is 28.0 Å². The van der Waals surface area contributed by atoms with Crippen LogP contribution in [0.4, 0.5) is 0 Å². The van der Waals surface area contributed by atoms with Gasteiger partial charge in [0.2, 0.25) is 0 Å². The van der Waals surface area contributed by atoms with Gasteiger partial charge in [0.25, 0.3) is 0 Å². The monoisotopic (exact) mass is 302 g/mol. The lowest BCUT2D eigenvalue weighted by atomic mass is 10.2. The Morgan fingerprint density at radius 1 is 1.17 bits per heavy atom. The number of nitrogens with zero attached hydrogens (tertiary/aromatic N) is 3. The molecule has 0 radical (unpaired) electrons. The van der Waals surface area contributed by atoms with E-state index in [4.69, 9.17) is 5.73 Å². The molecule has 0 aliphatic rings. The van der Waals surface area contributed by atoms with Gasteiger partial charge in [-0.05, 0) is 29.8 Å². The van der Waals surface area contributed by atoms with Crippen molar-refractivity contribution in [1.82, 2.24) is 4.98 Å². The molecule has 0 spiro atoms. The van der Waals surface area contributed by atoms with Crippen molar-refractivity contribution in [3.05, 3.63) is 64.4 Å². The van der Waals surface area contributed by atoms with Crippen LogP contribution < -0.4 is 5.73 Å². The van der Waals surface area contributed by atoms with Crippen LogP contribution in [0.2, 0.25) is 0 Å². The Morgan fingerprint density at radius 3 is 2.61 bits per heavy atom. The summed E-state index contributed by atoms with van der Waals surface area (Å²) in [5.74, 6) is 0.295. The summed E-state index contributed by atoms with van der Waals surface area (Å²) in [7, 11) is 0. The minimum atomic E-state index is 0.295. The second kappa shape index (κ2) is 6.07. The van der Waals surface area contributed by atoms with Crippen LogP contribution in [0.3, 0.4) is 0 Å². The van der Waals surface area contributed by atoms with Gasteiger partial charge in [0.15, 0.2) is 5.84 Å². The molecule has 0 saturated heterocycles. The fourth-order valence-electron chi connectivity index (χ4n) is 1.27. The lowest BCUT2D eigenvalue weighted by Gasteiger charge is -1.95. The zero-order valence-corrected chi connectivity index (χ0v) is 11.1. The van der Waals surface area contributed by atoms with Gasteiger partial charge < -0.3 is 5.73 Å². The first kappa shape index (κ1) is 12.4. The van der Waals surface area contributed by atoms with Crippen LogP contribution in [-0.4, -0.2) is 17.0 Å². The van der Waals surface area contributed by atoms with E-state index >= 15 is 0 Å². The van der Waals surface area contributed by atoms with Crippen molar-refractivity contribution < 1.29 is 0 Å². The average Bonchev–Trinajstić information content (AvgIpc) is 2.42. The molecule has 2 N–H and O–H groups in total. The van der Waals surface area contributed by atoms with Crippen LogP contribution in [-0.2, 0) is 0 Å². The quantitative estimate of drug-likeness (QED) is 0.538. The second-order valence-corrected chi connectivity index (χ2v) is 4.41. The van der Waals surface area contributed by atoms with Crippen molar-refractivity contribution in [3.8, 4) is 0 Å². The average molecular weight is 303 g/mol. The van der Waals surface area contributed by atoms with Gasteiger partial charge in [0.1, 0.15) is 5.69 Å². The van der Waals surface area contributed by atoms with E-state index in [2.05, 4.69) is 31.1 Å². The standard InChI is InChI=1S/C13H11BrN4/c14-11-6-4-10(5-7-11)9-17-18-13(15)12-3-1-2-8-16-12/h1-9H,(H2,15,18)/b17-9+. The van der Waals surface area contributed by atoms with Crippen molar-refractivity contribution in [3.63, 3.8) is 0 Å². The van der Waals surface area contributed by atoms with E-state index in [1.165, 1.54) is 0 Å². The molecule has 1 aromatic heterocycles. The highest BCUT2D eigenvalue weighted by Crippen LogP contribution is 2.09. The van der Waals surface area contributed by atoms with Gasteiger partial charge in [-0.15, -0.1) is 5.10 Å². The topological polar surface area (TPSA) is 63.6 Å². The first-order chi connectivity index (χ1) is 8.75. The Bertz CT molecular complexity index is 561. The molecular formula is C13H11BrN4. The number of nitrogens with two attached hydrogens (primary N) is 1. The minimum Gasteiger partial charge on any atom is -0.380 e. The van der Waals surface area contributed by atoms with Gasteiger partial charge in [-0.3, -0.25) is 4.98 Å². The number of aromatic nitrogens is 1. The lowest BCUT2D eigenvalue weighted by molar-refractivity contribution is 1.20. The number of amidine groups is 1. The molecule has 1 heterocycles. The Hall–Kier alpha value is -2.01. The van der Waals surface area contributed by atoms with Crippen LogP contribution >= 0.6 is 15.9 Å². The maximum Gasteiger partial charge on any atom is 0.171 e. The van der Waals surface area contributed by atoms with Crippen LogP contribution in [0.5, 0.6) is 0 Å². The molecule has 5 heteroatoms. The third-order valence-corrected chi connectivity index (χ3v) is 2.70. The number of hydrogen-bond acceptors (Lipinski definition) is 3. The van der Waals surface area contributed by atoms with Crippen molar-refractivity contribution in [2.75, 3.05) is 0 Å². The van der Waals surface area contributed by atoms with Crippen LogP contribution in [0, 0.1) is 0 Å². The molecule has 18 heavy (non-hydrogen) atoms. The Balaban J connectivity index is 2.08. The summed E-state index contributed by atoms with van der Waals surface area (Å²) < 4.78 is 1.02. The molecule has 90 valence electrons. The first-order valence-corrected chi connectivity index (χ1v) is 6.08. The molecule has 0 aliphatic carbocycles. The summed E-state index contributed by atoms with van der Waals surface area (Å²) in [6.07, 6.45) is 3.30. The van der Waals surface area contributed by atoms with Crippen molar-refractivity contribution in [2.45, 2.75) is 0 Å². The molecule has 2 aromatic rings. The van der Waals surface area contributed by atoms with E-state index in [9.17, 15) is 0 Å². The zero-order valence-electron chi connectivity index (χ0n) is 9.49. The summed E-state index contributed by atoms with van der Waals surface area (Å²) in [5, 5.41) is 7.83. The van der Waals surface area contributed by atoms with Crippen LogP contribution in [0.15, 0.2) is 63.3 Å². The molecule has 0 amide bonds. The summed E-state index contributed by atoms with van der Waals surface area (Å²) in [6, 6.07) is 13.2. The maximum absolute atomic E-state index is 5.75. The van der Waals surface area contributed by atoms with Crippen LogP contribution in [0.25, 0.3) is 0 Å². The number of halogens is 1. The molecule has 0 unspecified atom stereocenters. The lowest BCUT2D eigenvalue weighted by Crippen LogP contribution is -2.14. The second-order valence-electron chi connectivity index (χ2n) is 3.50. The number of hydrogen-bond donors (Lipinski definition) is 1. The largest absolute Gasteiger partial charge is 0.380 e. The highest BCUT2D eigenvalue weighted by atomic mass is 79.9. The fourth-order valence-corrected chi connectivity index (χ4v) is 1.54. The highest BCUT2D eigenvalue weighted by Gasteiger charge is 1.96. The molecule has 0 atom stereocenters. The molecule has 0 saturated carbocycles. The summed E-state index contributed by atoms with van der Waals surface area (Å²) in [5.41, 5.74) is 7.32. The van der Waals surface area contributed by atoms with E-state index in [-0.39, 0.29) is 0 Å². The molecule has 0 bridgehead atoms. The van der Waals surface area contributed by atoms with Gasteiger partial charge in [-0.25, -0.2) is 0 Å². The predicted molar refractivity (Wildman–Crippen MR) is 76.7 cm³/mol. The molecule has 0 fully saturated rings. The molecule has 4 nitrogen and oxygen atoms in total. The summed E-state index contributed by atoms with van der Waals surface area (Å²) in [4.78, 5) is 4.08. The highest BCUT2D eigenvalue weighted by molar-refractivity contribution is 9.10. The fraction of sp³-hybridized carbons (Fsp3) is 0. The summed E-state index contributed by atoms with van der Waals surface area (Å²) in [6.45, 7) is 0. The summed E-state index contributed by atoms with van der Waals surface area (Å²) >= 11 is 3.37. The van der Waals surface area contributed by atoms with E-state index in [0.29, 0.717) is 11.5 Å². The van der Waals surface area contributed by atoms with Crippen LogP contribution in [0.1, 0.15) is 11.3 Å². The SMILES string of the molecule is N/C(=N/N=C/c1ccc(Br)cc1)c1ccccn1. The third kappa shape index (κ3) is 3.49. The number of rotatable bonds is 3. The first-order valence-electron chi connectivity index (χ1n) is 5.29. The molecule has 2 rings (SSSR count). The zero-order chi connectivity index (χ0) is 12.8. The maximum atomic E-state index is 5.75. The number of benzene rings is 1. The van der Waals surface area contributed by atoms with Gasteiger partial charge in [-0.1, -0.05) is 34.1 Å². The van der Waals surface area contributed by atoms with Gasteiger partial charge >= 0.3 is 0 Å². The van der Waals surface area contributed by atoms with Gasteiger partial charge in [-0.2, -0.15) is 5.10 Å². The minimum absolute atomic E-state index is 0.295. The predicted octanol–water partition coefficient (Wildman–Crippen LogP) is 2.58. The van der Waals surface area contributed by atoms with E-state index in [0.717, 1.165) is 10.0 Å². The van der Waals surface area contributed by atoms with Gasteiger partial charge in [0.05, 0.1) is 6.21 Å². The smallest absolute Gasteiger partial charge is 0.171 e. The molecule has 1 aromatic carbocycles. The van der Waals surface area contributed by atoms with Crippen molar-refractivity contribution in [1.29, 1.82) is 0 Å². The Morgan fingerprint density at radius 2 is 1.94 bits per heavy atom.